The molecule has 0 saturated carbocycles. The third-order valence-electron chi connectivity index (χ3n) is 1.82. The fourth-order valence-corrected chi connectivity index (χ4v) is 1.61. The maximum Gasteiger partial charge on any atom is 0.220 e. The maximum absolute atomic E-state index is 5.97. The molecule has 1 aromatic carbocycles. The second-order valence-corrected chi connectivity index (χ2v) is 4.12. The molecular weight excluding hydrogens is 268 g/mol. The molecule has 0 aliphatic carbocycles. The van der Waals surface area contributed by atoms with Crippen LogP contribution in [0.4, 0.5) is 0 Å². The largest absolute Gasteiger partial charge is 0.437 e. The zero-order valence-electron chi connectivity index (χ0n) is 7.95. The lowest BCUT2D eigenvalue weighted by molar-refractivity contribution is 0.463. The summed E-state index contributed by atoms with van der Waals surface area (Å²) in [6, 6.07) is 10.2. The third-order valence-corrected chi connectivity index (χ3v) is 2.83. The van der Waals surface area contributed by atoms with Gasteiger partial charge in [0.25, 0.3) is 0 Å². The zero-order chi connectivity index (χ0) is 11.5. The van der Waals surface area contributed by atoms with Crippen LogP contribution < -0.4 is 4.74 Å². The van der Waals surface area contributed by atoms with E-state index in [1.54, 1.807) is 36.4 Å². The molecule has 1 aromatic heterocycles. The lowest BCUT2D eigenvalue weighted by Crippen LogP contribution is -1.88. The van der Waals surface area contributed by atoms with Crippen molar-refractivity contribution in [2.24, 2.45) is 0 Å². The summed E-state index contributed by atoms with van der Waals surface area (Å²) < 4.78 is 5.46. The Kier molecular flexibility index (Phi) is 3.54. The Bertz CT molecular complexity index is 516. The predicted molar refractivity (Wildman–Crippen MR) is 65.8 cm³/mol. The molecule has 0 N–H and O–H groups in total. The van der Waals surface area contributed by atoms with Gasteiger partial charge in [-0.1, -0.05) is 46.9 Å². The molecule has 0 amide bonds. The van der Waals surface area contributed by atoms with Crippen molar-refractivity contribution in [3.8, 4) is 11.6 Å². The van der Waals surface area contributed by atoms with Gasteiger partial charge in [-0.15, -0.1) is 0 Å². The molecule has 0 spiro atoms. The first-order valence-electron chi connectivity index (χ1n) is 4.41. The predicted octanol–water partition coefficient (Wildman–Crippen LogP) is 4.83. The fraction of sp³-hybridized carbons (Fsp3) is 0. The van der Waals surface area contributed by atoms with Gasteiger partial charge in [-0.25, -0.2) is 4.98 Å². The molecule has 1 heterocycles. The Morgan fingerprint density at radius 3 is 2.44 bits per heavy atom. The van der Waals surface area contributed by atoms with E-state index in [4.69, 9.17) is 39.5 Å². The van der Waals surface area contributed by atoms with E-state index in [0.717, 1.165) is 0 Å². The van der Waals surface area contributed by atoms with Gasteiger partial charge in [-0.2, -0.15) is 0 Å². The van der Waals surface area contributed by atoms with Gasteiger partial charge in [0.1, 0.15) is 15.9 Å². The van der Waals surface area contributed by atoms with Gasteiger partial charge in [0.05, 0.1) is 5.02 Å². The molecule has 2 nitrogen and oxygen atoms in total. The summed E-state index contributed by atoms with van der Waals surface area (Å²) in [5, 5.41) is 1.14. The number of hydrogen-bond acceptors (Lipinski definition) is 2. The number of aromatic nitrogens is 1. The van der Waals surface area contributed by atoms with E-state index in [1.807, 2.05) is 0 Å². The average Bonchev–Trinajstić information content (AvgIpc) is 2.25. The minimum absolute atomic E-state index is 0.353. The first kappa shape index (κ1) is 11.5. The highest BCUT2D eigenvalue weighted by Gasteiger charge is 2.07. The second kappa shape index (κ2) is 4.91. The summed E-state index contributed by atoms with van der Waals surface area (Å²) in [7, 11) is 0. The molecule has 0 aliphatic heterocycles. The van der Waals surface area contributed by atoms with Crippen LogP contribution in [0.2, 0.25) is 15.2 Å². The van der Waals surface area contributed by atoms with E-state index in [2.05, 4.69) is 4.98 Å². The zero-order valence-corrected chi connectivity index (χ0v) is 10.2. The number of nitrogens with zero attached hydrogens (tertiary/aromatic N) is 1. The van der Waals surface area contributed by atoms with Gasteiger partial charge in [-0.05, 0) is 18.2 Å². The third kappa shape index (κ3) is 2.59. The van der Waals surface area contributed by atoms with E-state index in [-0.39, 0.29) is 0 Å². The molecular formula is C11H6Cl3NO. The highest BCUT2D eigenvalue weighted by molar-refractivity contribution is 6.42. The minimum Gasteiger partial charge on any atom is -0.437 e. The fourth-order valence-electron chi connectivity index (χ4n) is 1.12. The van der Waals surface area contributed by atoms with E-state index in [0.29, 0.717) is 26.8 Å². The highest BCUT2D eigenvalue weighted by Crippen LogP contribution is 2.34. The Balaban J connectivity index is 2.31. The molecule has 16 heavy (non-hydrogen) atoms. The van der Waals surface area contributed by atoms with Crippen LogP contribution in [-0.2, 0) is 0 Å². The van der Waals surface area contributed by atoms with Gasteiger partial charge in [0.15, 0.2) is 0 Å². The summed E-state index contributed by atoms with van der Waals surface area (Å²) in [4.78, 5) is 3.98. The van der Waals surface area contributed by atoms with Crippen LogP contribution in [0.15, 0.2) is 36.4 Å². The Hall–Kier alpha value is -0.960. The summed E-state index contributed by atoms with van der Waals surface area (Å²) in [6.45, 7) is 0. The van der Waals surface area contributed by atoms with E-state index in [1.165, 1.54) is 0 Å². The average molecular weight is 275 g/mol. The van der Waals surface area contributed by atoms with Gasteiger partial charge in [0.2, 0.25) is 5.88 Å². The van der Waals surface area contributed by atoms with Crippen molar-refractivity contribution in [1.29, 1.82) is 0 Å². The van der Waals surface area contributed by atoms with Crippen LogP contribution in [0.1, 0.15) is 0 Å². The van der Waals surface area contributed by atoms with E-state index in [9.17, 15) is 0 Å². The van der Waals surface area contributed by atoms with Crippen LogP contribution >= 0.6 is 34.8 Å². The normalized spacial score (nSPS) is 10.2. The summed E-state index contributed by atoms with van der Waals surface area (Å²) in [5.41, 5.74) is 0. The van der Waals surface area contributed by atoms with Crippen molar-refractivity contribution < 1.29 is 4.74 Å². The summed E-state index contributed by atoms with van der Waals surface area (Å²) >= 11 is 17.6. The second-order valence-electron chi connectivity index (χ2n) is 2.95. The van der Waals surface area contributed by atoms with Crippen LogP contribution in [0.5, 0.6) is 11.6 Å². The molecule has 82 valence electrons. The number of hydrogen-bond donors (Lipinski definition) is 0. The van der Waals surface area contributed by atoms with Crippen LogP contribution in [0.25, 0.3) is 0 Å². The van der Waals surface area contributed by atoms with Crippen molar-refractivity contribution in [2.75, 3.05) is 0 Å². The molecule has 0 radical (unpaired) electrons. The first-order chi connectivity index (χ1) is 7.66. The van der Waals surface area contributed by atoms with E-state index < -0.39 is 0 Å². The van der Waals surface area contributed by atoms with Crippen LogP contribution in [-0.4, -0.2) is 4.98 Å². The van der Waals surface area contributed by atoms with Crippen LogP contribution in [0.3, 0.4) is 0 Å². The number of pyridine rings is 1. The van der Waals surface area contributed by atoms with Crippen LogP contribution in [0, 0.1) is 0 Å². The maximum atomic E-state index is 5.97. The van der Waals surface area contributed by atoms with Gasteiger partial charge in [0, 0.05) is 6.07 Å². The number of benzene rings is 1. The van der Waals surface area contributed by atoms with Crippen molar-refractivity contribution in [2.45, 2.75) is 0 Å². The number of rotatable bonds is 2. The molecule has 0 aliphatic rings. The first-order valence-corrected chi connectivity index (χ1v) is 5.54. The Labute approximate surface area is 108 Å². The highest BCUT2D eigenvalue weighted by atomic mass is 35.5. The lowest BCUT2D eigenvalue weighted by atomic mass is 10.3. The van der Waals surface area contributed by atoms with Crippen molar-refractivity contribution in [3.05, 3.63) is 51.6 Å². The smallest absolute Gasteiger partial charge is 0.220 e. The molecule has 0 bridgehead atoms. The van der Waals surface area contributed by atoms with Gasteiger partial charge in [-0.3, -0.25) is 0 Å². The Morgan fingerprint density at radius 1 is 0.938 bits per heavy atom. The van der Waals surface area contributed by atoms with Crippen molar-refractivity contribution in [3.63, 3.8) is 0 Å². The minimum atomic E-state index is 0.353. The molecule has 5 heteroatoms. The van der Waals surface area contributed by atoms with Gasteiger partial charge >= 0.3 is 0 Å². The summed E-state index contributed by atoms with van der Waals surface area (Å²) in [5.74, 6) is 0.820. The lowest BCUT2D eigenvalue weighted by Gasteiger charge is -2.07. The van der Waals surface area contributed by atoms with Gasteiger partial charge < -0.3 is 4.74 Å². The van der Waals surface area contributed by atoms with E-state index >= 15 is 0 Å². The SMILES string of the molecule is Clc1cccc(Oc2cccc(Cl)c2Cl)n1. The molecule has 2 rings (SSSR count). The molecule has 0 unspecified atom stereocenters. The number of ether oxygens (including phenoxy) is 1. The molecule has 0 fully saturated rings. The standard InChI is InChI=1S/C11H6Cl3NO/c12-7-3-1-4-8(11(7)14)16-10-6-2-5-9(13)15-10/h1-6H. The van der Waals surface area contributed by atoms with Crippen molar-refractivity contribution >= 4 is 34.8 Å². The van der Waals surface area contributed by atoms with Crippen molar-refractivity contribution in [1.82, 2.24) is 4.98 Å². The summed E-state index contributed by atoms with van der Waals surface area (Å²) in [6.07, 6.45) is 0. The topological polar surface area (TPSA) is 22.1 Å². The number of halogens is 3. The molecule has 0 atom stereocenters. The Morgan fingerprint density at radius 2 is 1.69 bits per heavy atom. The molecule has 2 aromatic rings. The quantitative estimate of drug-likeness (QED) is 0.731. The molecule has 0 saturated heterocycles. The monoisotopic (exact) mass is 273 g/mol.